The first-order valence-electron chi connectivity index (χ1n) is 4.37. The normalized spacial score (nSPS) is 10.1. The molecule has 6 heteroatoms. The van der Waals surface area contributed by atoms with Gasteiger partial charge >= 0.3 is 5.97 Å². The third-order valence-corrected chi connectivity index (χ3v) is 1.57. The summed E-state index contributed by atoms with van der Waals surface area (Å²) >= 11 is 0. The monoisotopic (exact) mass is 201 g/mol. The molecule has 0 aliphatic rings. The molecule has 1 aromatic heterocycles. The summed E-state index contributed by atoms with van der Waals surface area (Å²) in [5, 5.41) is 7.18. The fourth-order valence-corrected chi connectivity index (χ4v) is 0.948. The number of carbonyl (C=O) groups excluding carboxylic acids is 1. The van der Waals surface area contributed by atoms with Crippen molar-refractivity contribution in [1.29, 1.82) is 0 Å². The van der Waals surface area contributed by atoms with Gasteiger partial charge in [-0.3, -0.25) is 9.48 Å². The minimum atomic E-state index is -0.639. The Morgan fingerprint density at radius 2 is 2.50 bits per heavy atom. The number of carbonyl (C=O) groups is 1. The number of esters is 1. The number of rotatable bonds is 5. The van der Waals surface area contributed by atoms with Crippen LogP contribution in [0.2, 0.25) is 0 Å². The van der Waals surface area contributed by atoms with Crippen LogP contribution in [-0.4, -0.2) is 27.6 Å². The highest BCUT2D eigenvalue weighted by Crippen LogP contribution is 1.97. The minimum absolute atomic E-state index is 0.225. The van der Waals surface area contributed by atoms with Crippen molar-refractivity contribution >= 4 is 5.97 Å². The molecule has 1 heterocycles. The Balaban J connectivity index is 2.34. The molecule has 0 radical (unpaired) electrons. The number of alkyl halides is 1. The Labute approximate surface area is 80.9 Å². The van der Waals surface area contributed by atoms with Crippen LogP contribution in [0.5, 0.6) is 0 Å². The van der Waals surface area contributed by atoms with Crippen LogP contribution in [0.25, 0.3) is 0 Å². The van der Waals surface area contributed by atoms with E-state index in [0.717, 1.165) is 0 Å². The van der Waals surface area contributed by atoms with Crippen molar-refractivity contribution in [1.82, 2.24) is 15.0 Å². The van der Waals surface area contributed by atoms with Gasteiger partial charge in [0.2, 0.25) is 0 Å². The Bertz CT molecular complexity index is 301. The van der Waals surface area contributed by atoms with Crippen LogP contribution in [-0.2, 0) is 22.8 Å². The predicted octanol–water partition coefficient (Wildman–Crippen LogP) is 0.701. The highest BCUT2D eigenvalue weighted by Gasteiger charge is 2.04. The molecule has 0 unspecified atom stereocenters. The first-order valence-corrected chi connectivity index (χ1v) is 4.37. The summed E-state index contributed by atoms with van der Waals surface area (Å²) in [6.07, 6.45) is 1.70. The lowest BCUT2D eigenvalue weighted by Crippen LogP contribution is -2.09. The SMILES string of the molecule is CCOC(=O)CCn1cc(CF)nn1. The minimum Gasteiger partial charge on any atom is -0.466 e. The molecule has 5 nitrogen and oxygen atoms in total. The molecule has 0 aliphatic carbocycles. The molecule has 78 valence electrons. The summed E-state index contributed by atoms with van der Waals surface area (Å²) < 4.78 is 18.2. The van der Waals surface area contributed by atoms with Crippen molar-refractivity contribution in [3.8, 4) is 0 Å². The van der Waals surface area contributed by atoms with Gasteiger partial charge in [0.25, 0.3) is 0 Å². The van der Waals surface area contributed by atoms with Crippen LogP contribution in [0, 0.1) is 0 Å². The van der Waals surface area contributed by atoms with E-state index in [9.17, 15) is 9.18 Å². The largest absolute Gasteiger partial charge is 0.466 e. The van der Waals surface area contributed by atoms with Crippen molar-refractivity contribution in [3.05, 3.63) is 11.9 Å². The molecule has 14 heavy (non-hydrogen) atoms. The Morgan fingerprint density at radius 3 is 3.07 bits per heavy atom. The first-order chi connectivity index (χ1) is 6.76. The predicted molar refractivity (Wildman–Crippen MR) is 46.1 cm³/mol. The van der Waals surface area contributed by atoms with E-state index in [1.165, 1.54) is 10.9 Å². The lowest BCUT2D eigenvalue weighted by atomic mass is 10.4. The van der Waals surface area contributed by atoms with Crippen molar-refractivity contribution < 1.29 is 13.9 Å². The second-order valence-corrected chi connectivity index (χ2v) is 2.66. The molecule has 0 fully saturated rings. The van der Waals surface area contributed by atoms with Crippen LogP contribution in [0.1, 0.15) is 19.0 Å². The summed E-state index contributed by atoms with van der Waals surface area (Å²) in [6, 6.07) is 0. The third-order valence-electron chi connectivity index (χ3n) is 1.57. The molecule has 0 atom stereocenters. The Kier molecular flexibility index (Phi) is 4.03. The molecule has 0 aromatic carbocycles. The van der Waals surface area contributed by atoms with Crippen molar-refractivity contribution in [2.75, 3.05) is 6.61 Å². The van der Waals surface area contributed by atoms with Crippen molar-refractivity contribution in [2.24, 2.45) is 0 Å². The second-order valence-electron chi connectivity index (χ2n) is 2.66. The summed E-state index contributed by atoms with van der Waals surface area (Å²) in [7, 11) is 0. The Hall–Kier alpha value is -1.46. The van der Waals surface area contributed by atoms with Gasteiger partial charge in [-0.05, 0) is 6.92 Å². The topological polar surface area (TPSA) is 57.0 Å². The molecule has 0 N–H and O–H groups in total. The average Bonchev–Trinajstić information content (AvgIpc) is 2.63. The molecule has 1 aromatic rings. The first kappa shape index (κ1) is 10.6. The highest BCUT2D eigenvalue weighted by molar-refractivity contribution is 5.69. The van der Waals surface area contributed by atoms with Gasteiger partial charge in [-0.25, -0.2) is 4.39 Å². The van der Waals surface area contributed by atoms with Crippen molar-refractivity contribution in [3.63, 3.8) is 0 Å². The van der Waals surface area contributed by atoms with Gasteiger partial charge in [-0.1, -0.05) is 5.21 Å². The highest BCUT2D eigenvalue weighted by atomic mass is 19.1. The summed E-state index contributed by atoms with van der Waals surface area (Å²) in [5.41, 5.74) is 0.272. The fourth-order valence-electron chi connectivity index (χ4n) is 0.948. The van der Waals surface area contributed by atoms with E-state index in [4.69, 9.17) is 4.74 Å². The maximum Gasteiger partial charge on any atom is 0.307 e. The Morgan fingerprint density at radius 1 is 1.71 bits per heavy atom. The summed E-state index contributed by atoms with van der Waals surface area (Å²) in [6.45, 7) is 1.84. The zero-order chi connectivity index (χ0) is 10.4. The summed E-state index contributed by atoms with van der Waals surface area (Å²) in [5.74, 6) is -0.287. The number of ether oxygens (including phenoxy) is 1. The number of halogens is 1. The molecule has 0 saturated heterocycles. The van der Waals surface area contributed by atoms with Gasteiger partial charge in [0, 0.05) is 0 Å². The molecular formula is C8H12FN3O2. The van der Waals surface area contributed by atoms with E-state index < -0.39 is 6.67 Å². The van der Waals surface area contributed by atoms with Crippen LogP contribution in [0.15, 0.2) is 6.20 Å². The molecule has 1 rings (SSSR count). The molecule has 0 aliphatic heterocycles. The maximum atomic E-state index is 12.1. The smallest absolute Gasteiger partial charge is 0.307 e. The van der Waals surface area contributed by atoms with E-state index in [1.54, 1.807) is 6.92 Å². The maximum absolute atomic E-state index is 12.1. The number of hydrogen-bond donors (Lipinski definition) is 0. The average molecular weight is 201 g/mol. The third kappa shape index (κ3) is 3.12. The molecule has 0 bridgehead atoms. The number of hydrogen-bond acceptors (Lipinski definition) is 4. The zero-order valence-corrected chi connectivity index (χ0v) is 7.94. The standard InChI is InChI=1S/C8H12FN3O2/c1-2-14-8(13)3-4-12-6-7(5-9)10-11-12/h6H,2-5H2,1H3. The van der Waals surface area contributed by atoms with E-state index in [0.29, 0.717) is 13.2 Å². The lowest BCUT2D eigenvalue weighted by molar-refractivity contribution is -0.143. The van der Waals surface area contributed by atoms with E-state index in [-0.39, 0.29) is 18.1 Å². The van der Waals surface area contributed by atoms with E-state index >= 15 is 0 Å². The molecular weight excluding hydrogens is 189 g/mol. The molecule has 0 amide bonds. The van der Waals surface area contributed by atoms with Crippen LogP contribution in [0.4, 0.5) is 4.39 Å². The van der Waals surface area contributed by atoms with Gasteiger partial charge in [0.05, 0.1) is 25.8 Å². The molecule has 0 spiro atoms. The van der Waals surface area contributed by atoms with Crippen molar-refractivity contribution in [2.45, 2.75) is 26.6 Å². The lowest BCUT2D eigenvalue weighted by Gasteiger charge is -2.00. The molecule has 0 saturated carbocycles. The fraction of sp³-hybridized carbons (Fsp3) is 0.625. The number of aryl methyl sites for hydroxylation is 1. The summed E-state index contributed by atoms with van der Waals surface area (Å²) in [4.78, 5) is 10.9. The zero-order valence-electron chi connectivity index (χ0n) is 7.94. The number of nitrogens with zero attached hydrogens (tertiary/aromatic N) is 3. The van der Waals surface area contributed by atoms with Crippen LogP contribution in [0.3, 0.4) is 0 Å². The van der Waals surface area contributed by atoms with Crippen LogP contribution < -0.4 is 0 Å². The second kappa shape index (κ2) is 5.31. The van der Waals surface area contributed by atoms with E-state index in [1.807, 2.05) is 0 Å². The van der Waals surface area contributed by atoms with Gasteiger partial charge in [0.1, 0.15) is 12.4 Å². The van der Waals surface area contributed by atoms with Gasteiger partial charge < -0.3 is 4.74 Å². The van der Waals surface area contributed by atoms with E-state index in [2.05, 4.69) is 10.3 Å². The van der Waals surface area contributed by atoms with Gasteiger partial charge in [-0.2, -0.15) is 0 Å². The quantitative estimate of drug-likeness (QED) is 0.658. The number of aromatic nitrogens is 3. The van der Waals surface area contributed by atoms with Gasteiger partial charge in [-0.15, -0.1) is 5.10 Å². The van der Waals surface area contributed by atoms with Gasteiger partial charge in [0.15, 0.2) is 0 Å². The van der Waals surface area contributed by atoms with Crippen LogP contribution >= 0.6 is 0 Å².